The Hall–Kier alpha value is -3.02. The number of thiophene rings is 1. The van der Waals surface area contributed by atoms with E-state index in [9.17, 15) is 4.79 Å². The number of aromatic nitrogens is 1. The van der Waals surface area contributed by atoms with Crippen molar-refractivity contribution >= 4 is 45.5 Å². The van der Waals surface area contributed by atoms with E-state index in [1.54, 1.807) is 23.5 Å². The van der Waals surface area contributed by atoms with E-state index in [1.807, 2.05) is 48.7 Å². The van der Waals surface area contributed by atoms with E-state index in [0.29, 0.717) is 27.2 Å². The Labute approximate surface area is 190 Å². The van der Waals surface area contributed by atoms with Gasteiger partial charge in [-0.15, -0.1) is 11.3 Å². The van der Waals surface area contributed by atoms with Gasteiger partial charge < -0.3 is 0 Å². The van der Waals surface area contributed by atoms with Crippen molar-refractivity contribution in [3.05, 3.63) is 87.1 Å². The highest BCUT2D eigenvalue weighted by Crippen LogP contribution is 2.29. The van der Waals surface area contributed by atoms with E-state index in [4.69, 9.17) is 16.6 Å². The molecule has 1 amide bonds. The molecule has 0 aliphatic heterocycles. The molecule has 2 aromatic carbocycles. The molecule has 4 nitrogen and oxygen atoms in total. The highest BCUT2D eigenvalue weighted by Gasteiger charge is 2.16. The van der Waals surface area contributed by atoms with Crippen molar-refractivity contribution in [3.8, 4) is 11.3 Å². The molecule has 0 aliphatic carbocycles. The molecule has 31 heavy (non-hydrogen) atoms. The number of carbonyl (C=O) groups is 1. The molecular formula is C25H22ClN3OS. The first-order valence-corrected chi connectivity index (χ1v) is 11.5. The highest BCUT2D eigenvalue weighted by molar-refractivity contribution is 7.12. The number of aryl methyl sites for hydroxylation is 1. The Bertz CT molecular complexity index is 1250. The lowest BCUT2D eigenvalue weighted by atomic mass is 10.0. The summed E-state index contributed by atoms with van der Waals surface area (Å²) < 4.78 is 0. The van der Waals surface area contributed by atoms with E-state index in [2.05, 4.69) is 29.6 Å². The second kappa shape index (κ2) is 9.41. The Kier molecular flexibility index (Phi) is 6.44. The van der Waals surface area contributed by atoms with Crippen molar-refractivity contribution in [3.63, 3.8) is 0 Å². The zero-order valence-electron chi connectivity index (χ0n) is 17.4. The summed E-state index contributed by atoms with van der Waals surface area (Å²) >= 11 is 8.04. The lowest BCUT2D eigenvalue weighted by Crippen LogP contribution is -2.20. The van der Waals surface area contributed by atoms with Crippen LogP contribution in [0.4, 0.5) is 0 Å². The van der Waals surface area contributed by atoms with Gasteiger partial charge in [0.1, 0.15) is 0 Å². The molecule has 4 aromatic rings. The van der Waals surface area contributed by atoms with Gasteiger partial charge in [-0.1, -0.05) is 67.9 Å². The van der Waals surface area contributed by atoms with Crippen LogP contribution in [-0.4, -0.2) is 16.6 Å². The SMILES string of the molecule is CC/C(=N\NC(=O)c1cc(-c2ccc(CC)cc2)nc2c(Cl)cccc12)c1cccs1. The quantitative estimate of drug-likeness (QED) is 0.263. The Morgan fingerprint density at radius 1 is 1.10 bits per heavy atom. The topological polar surface area (TPSA) is 54.4 Å². The van der Waals surface area contributed by atoms with E-state index in [0.717, 1.165) is 29.0 Å². The van der Waals surface area contributed by atoms with Gasteiger partial charge in [-0.3, -0.25) is 4.79 Å². The third kappa shape index (κ3) is 4.53. The van der Waals surface area contributed by atoms with Crippen LogP contribution < -0.4 is 5.43 Å². The maximum absolute atomic E-state index is 13.2. The van der Waals surface area contributed by atoms with E-state index in [-0.39, 0.29) is 5.91 Å². The number of carbonyl (C=O) groups excluding carboxylic acids is 1. The largest absolute Gasteiger partial charge is 0.272 e. The number of hydrazone groups is 1. The molecule has 6 heteroatoms. The van der Waals surface area contributed by atoms with Crippen molar-refractivity contribution in [2.45, 2.75) is 26.7 Å². The monoisotopic (exact) mass is 447 g/mol. The number of amides is 1. The molecule has 0 bridgehead atoms. The first kappa shape index (κ1) is 21.2. The molecule has 0 radical (unpaired) electrons. The van der Waals surface area contributed by atoms with Crippen LogP contribution in [0.3, 0.4) is 0 Å². The van der Waals surface area contributed by atoms with E-state index in [1.165, 1.54) is 5.56 Å². The molecule has 0 fully saturated rings. The Morgan fingerprint density at radius 3 is 2.58 bits per heavy atom. The van der Waals surface area contributed by atoms with Crippen LogP contribution in [-0.2, 0) is 6.42 Å². The predicted octanol–water partition coefficient (Wildman–Crippen LogP) is 6.72. The van der Waals surface area contributed by atoms with Crippen molar-refractivity contribution in [1.82, 2.24) is 10.4 Å². The normalized spacial score (nSPS) is 11.6. The van der Waals surface area contributed by atoms with Gasteiger partial charge in [0.2, 0.25) is 0 Å². The number of fused-ring (bicyclic) bond motifs is 1. The van der Waals surface area contributed by atoms with Crippen LogP contribution in [0.1, 0.15) is 41.1 Å². The number of halogens is 1. The predicted molar refractivity (Wildman–Crippen MR) is 130 cm³/mol. The standard InChI is InChI=1S/C25H22ClN3OS/c1-3-16-10-12-17(13-11-16)22-15-19(18-7-5-8-20(26)24(18)27-22)25(30)29-28-21(4-2)23-9-6-14-31-23/h5-15H,3-4H2,1-2H3,(H,29,30)/b28-21+. The van der Waals surface area contributed by atoms with Gasteiger partial charge in [-0.2, -0.15) is 5.10 Å². The minimum absolute atomic E-state index is 0.288. The molecule has 0 saturated heterocycles. The van der Waals surface area contributed by atoms with Gasteiger partial charge in [-0.05, 0) is 42.0 Å². The summed E-state index contributed by atoms with van der Waals surface area (Å²) in [5.74, 6) is -0.288. The van der Waals surface area contributed by atoms with Gasteiger partial charge in [0.15, 0.2) is 0 Å². The third-order valence-electron chi connectivity index (χ3n) is 5.13. The molecule has 156 valence electrons. The molecular weight excluding hydrogens is 426 g/mol. The number of rotatable bonds is 6. The summed E-state index contributed by atoms with van der Waals surface area (Å²) in [6, 6.07) is 19.4. The Balaban J connectivity index is 1.76. The molecule has 2 heterocycles. The minimum Gasteiger partial charge on any atom is -0.267 e. The van der Waals surface area contributed by atoms with Crippen molar-refractivity contribution < 1.29 is 4.79 Å². The number of nitrogens with one attached hydrogen (secondary N) is 1. The number of hydrogen-bond acceptors (Lipinski definition) is 4. The minimum atomic E-state index is -0.288. The maximum Gasteiger partial charge on any atom is 0.272 e. The fourth-order valence-electron chi connectivity index (χ4n) is 3.39. The van der Waals surface area contributed by atoms with Crippen molar-refractivity contribution in [2.75, 3.05) is 0 Å². The fraction of sp³-hybridized carbons (Fsp3) is 0.160. The first-order valence-electron chi connectivity index (χ1n) is 10.2. The summed E-state index contributed by atoms with van der Waals surface area (Å²) in [6.45, 7) is 4.14. The van der Waals surface area contributed by atoms with Crippen LogP contribution in [0, 0.1) is 0 Å². The van der Waals surface area contributed by atoms with Crippen LogP contribution in [0.25, 0.3) is 22.2 Å². The third-order valence-corrected chi connectivity index (χ3v) is 6.35. The highest BCUT2D eigenvalue weighted by atomic mass is 35.5. The molecule has 0 spiro atoms. The molecule has 0 saturated carbocycles. The van der Waals surface area contributed by atoms with Crippen LogP contribution >= 0.6 is 22.9 Å². The summed E-state index contributed by atoms with van der Waals surface area (Å²) in [4.78, 5) is 19.0. The Morgan fingerprint density at radius 2 is 1.90 bits per heavy atom. The van der Waals surface area contributed by atoms with Crippen molar-refractivity contribution in [2.24, 2.45) is 5.10 Å². The number of nitrogens with zero attached hydrogens (tertiary/aromatic N) is 2. The average Bonchev–Trinajstić information content (AvgIpc) is 3.34. The van der Waals surface area contributed by atoms with Crippen molar-refractivity contribution in [1.29, 1.82) is 0 Å². The summed E-state index contributed by atoms with van der Waals surface area (Å²) in [7, 11) is 0. The van der Waals surface area contributed by atoms with Crippen LogP contribution in [0.2, 0.25) is 5.02 Å². The average molecular weight is 448 g/mol. The molecule has 0 aliphatic rings. The second-order valence-electron chi connectivity index (χ2n) is 7.07. The number of para-hydroxylation sites is 1. The van der Waals surface area contributed by atoms with Gasteiger partial charge in [0.05, 0.1) is 32.4 Å². The summed E-state index contributed by atoms with van der Waals surface area (Å²) in [5, 5.41) is 7.59. The maximum atomic E-state index is 13.2. The fourth-order valence-corrected chi connectivity index (χ4v) is 4.39. The van der Waals surface area contributed by atoms with E-state index >= 15 is 0 Å². The molecule has 1 N–H and O–H groups in total. The van der Waals surface area contributed by atoms with Gasteiger partial charge in [0, 0.05) is 10.9 Å². The molecule has 2 aromatic heterocycles. The van der Waals surface area contributed by atoms with Crippen LogP contribution in [0.15, 0.2) is 71.1 Å². The summed E-state index contributed by atoms with van der Waals surface area (Å²) in [6.07, 6.45) is 1.69. The zero-order valence-corrected chi connectivity index (χ0v) is 18.9. The van der Waals surface area contributed by atoms with Gasteiger partial charge in [-0.25, -0.2) is 10.4 Å². The number of hydrogen-bond donors (Lipinski definition) is 1. The zero-order chi connectivity index (χ0) is 21.8. The smallest absolute Gasteiger partial charge is 0.267 e. The van der Waals surface area contributed by atoms with Crippen LogP contribution in [0.5, 0.6) is 0 Å². The van der Waals surface area contributed by atoms with Gasteiger partial charge in [0.25, 0.3) is 5.91 Å². The summed E-state index contributed by atoms with van der Waals surface area (Å²) in [5.41, 5.74) is 7.55. The lowest BCUT2D eigenvalue weighted by molar-refractivity contribution is 0.0956. The number of pyridine rings is 1. The molecule has 0 unspecified atom stereocenters. The first-order chi connectivity index (χ1) is 15.1. The molecule has 4 rings (SSSR count). The lowest BCUT2D eigenvalue weighted by Gasteiger charge is -2.11. The second-order valence-corrected chi connectivity index (χ2v) is 8.43. The van der Waals surface area contributed by atoms with E-state index < -0.39 is 0 Å². The number of benzene rings is 2. The molecule has 0 atom stereocenters. The van der Waals surface area contributed by atoms with Gasteiger partial charge >= 0.3 is 0 Å².